The first-order valence-electron chi connectivity index (χ1n) is 4.69. The molecular weight excluding hydrogens is 180 g/mol. The van der Waals surface area contributed by atoms with E-state index in [9.17, 15) is 15.0 Å². The van der Waals surface area contributed by atoms with Gasteiger partial charge in [-0.25, -0.2) is 0 Å². The molecule has 1 unspecified atom stereocenters. The van der Waals surface area contributed by atoms with Gasteiger partial charge in [-0.3, -0.25) is 4.79 Å². The van der Waals surface area contributed by atoms with Gasteiger partial charge in [0.05, 0.1) is 5.56 Å². The van der Waals surface area contributed by atoms with Crippen molar-refractivity contribution in [3.8, 4) is 11.5 Å². The van der Waals surface area contributed by atoms with Gasteiger partial charge in [-0.1, -0.05) is 6.92 Å². The van der Waals surface area contributed by atoms with Gasteiger partial charge in [-0.2, -0.15) is 0 Å². The van der Waals surface area contributed by atoms with E-state index in [4.69, 9.17) is 0 Å². The third-order valence-electron chi connectivity index (χ3n) is 2.78. The molecule has 74 valence electrons. The van der Waals surface area contributed by atoms with E-state index in [1.807, 2.05) is 6.92 Å². The first-order chi connectivity index (χ1) is 6.61. The summed E-state index contributed by atoms with van der Waals surface area (Å²) in [5.41, 5.74) is 0.907. The number of fused-ring (bicyclic) bond motifs is 1. The zero-order valence-corrected chi connectivity index (χ0v) is 7.95. The van der Waals surface area contributed by atoms with Gasteiger partial charge in [-0.05, 0) is 24.5 Å². The third-order valence-corrected chi connectivity index (χ3v) is 2.78. The van der Waals surface area contributed by atoms with Crippen LogP contribution in [0.4, 0.5) is 0 Å². The van der Waals surface area contributed by atoms with Crippen molar-refractivity contribution in [1.29, 1.82) is 0 Å². The van der Waals surface area contributed by atoms with Crippen LogP contribution in [0.3, 0.4) is 0 Å². The number of aromatic hydroxyl groups is 2. The third kappa shape index (κ3) is 1.16. The maximum Gasteiger partial charge on any atom is 0.167 e. The lowest BCUT2D eigenvalue weighted by atomic mass is 9.82. The fourth-order valence-corrected chi connectivity index (χ4v) is 2.01. The summed E-state index contributed by atoms with van der Waals surface area (Å²) < 4.78 is 0. The number of phenolic OH excluding ortho intramolecular Hbond substituents is 2. The second-order valence-corrected chi connectivity index (χ2v) is 3.76. The molecule has 1 aliphatic carbocycles. The molecule has 0 radical (unpaired) electrons. The van der Waals surface area contributed by atoms with Crippen molar-refractivity contribution >= 4 is 5.78 Å². The standard InChI is InChI=1S/C11H12O3/c1-6-2-3-8(13)11-9(14)5-4-7(12)10(6)11/h4-6,12,14H,2-3H2,1H3. The van der Waals surface area contributed by atoms with Gasteiger partial charge in [0.2, 0.25) is 0 Å². The van der Waals surface area contributed by atoms with Crippen molar-refractivity contribution in [2.24, 2.45) is 0 Å². The molecule has 1 aliphatic rings. The first-order valence-corrected chi connectivity index (χ1v) is 4.69. The van der Waals surface area contributed by atoms with E-state index < -0.39 is 0 Å². The summed E-state index contributed by atoms with van der Waals surface area (Å²) in [6.07, 6.45) is 1.19. The Labute approximate surface area is 82.0 Å². The van der Waals surface area contributed by atoms with Crippen molar-refractivity contribution in [2.75, 3.05) is 0 Å². The molecule has 0 heterocycles. The molecule has 0 aromatic heterocycles. The van der Waals surface area contributed by atoms with Crippen LogP contribution in [0.1, 0.15) is 41.6 Å². The number of hydrogen-bond acceptors (Lipinski definition) is 3. The second kappa shape index (κ2) is 3.01. The summed E-state index contributed by atoms with van der Waals surface area (Å²) >= 11 is 0. The average molecular weight is 192 g/mol. The SMILES string of the molecule is CC1CCC(=O)c2c(O)ccc(O)c21. The lowest BCUT2D eigenvalue weighted by Gasteiger charge is -2.22. The molecule has 0 saturated carbocycles. The Balaban J connectivity index is 2.71. The topological polar surface area (TPSA) is 57.5 Å². The average Bonchev–Trinajstić information content (AvgIpc) is 2.16. The largest absolute Gasteiger partial charge is 0.508 e. The van der Waals surface area contributed by atoms with E-state index in [2.05, 4.69) is 0 Å². The minimum Gasteiger partial charge on any atom is -0.508 e. The highest BCUT2D eigenvalue weighted by molar-refractivity contribution is 6.01. The molecular formula is C11H12O3. The van der Waals surface area contributed by atoms with Crippen molar-refractivity contribution in [1.82, 2.24) is 0 Å². The zero-order chi connectivity index (χ0) is 10.3. The summed E-state index contributed by atoms with van der Waals surface area (Å²) in [7, 11) is 0. The maximum absolute atomic E-state index is 11.5. The smallest absolute Gasteiger partial charge is 0.167 e. The van der Waals surface area contributed by atoms with Crippen LogP contribution in [0.2, 0.25) is 0 Å². The summed E-state index contributed by atoms with van der Waals surface area (Å²) in [4.78, 5) is 11.5. The summed E-state index contributed by atoms with van der Waals surface area (Å²) in [6, 6.07) is 2.80. The molecule has 2 N–H and O–H groups in total. The summed E-state index contributed by atoms with van der Waals surface area (Å²) in [5.74, 6) is 0.147. The molecule has 1 atom stereocenters. The van der Waals surface area contributed by atoms with E-state index in [0.717, 1.165) is 6.42 Å². The molecule has 1 aromatic carbocycles. The molecule has 0 fully saturated rings. The monoisotopic (exact) mass is 192 g/mol. The van der Waals surface area contributed by atoms with E-state index in [0.29, 0.717) is 17.5 Å². The molecule has 3 nitrogen and oxygen atoms in total. The minimum absolute atomic E-state index is 0.0191. The highest BCUT2D eigenvalue weighted by Gasteiger charge is 2.28. The van der Waals surface area contributed by atoms with Gasteiger partial charge >= 0.3 is 0 Å². The Morgan fingerprint density at radius 3 is 2.57 bits per heavy atom. The highest BCUT2D eigenvalue weighted by Crippen LogP contribution is 2.40. The van der Waals surface area contributed by atoms with E-state index >= 15 is 0 Å². The second-order valence-electron chi connectivity index (χ2n) is 3.76. The fraction of sp³-hybridized carbons (Fsp3) is 0.364. The van der Waals surface area contributed by atoms with E-state index in [1.54, 1.807) is 0 Å². The molecule has 0 amide bonds. The van der Waals surface area contributed by atoms with Crippen molar-refractivity contribution in [3.05, 3.63) is 23.3 Å². The minimum atomic E-state index is -0.0773. The number of carbonyl (C=O) groups is 1. The molecule has 0 spiro atoms. The van der Waals surface area contributed by atoms with E-state index in [1.165, 1.54) is 12.1 Å². The van der Waals surface area contributed by atoms with Gasteiger partial charge in [0.25, 0.3) is 0 Å². The van der Waals surface area contributed by atoms with Crippen LogP contribution in [-0.2, 0) is 0 Å². The lowest BCUT2D eigenvalue weighted by Crippen LogP contribution is -2.14. The lowest BCUT2D eigenvalue weighted by molar-refractivity contribution is 0.0964. The number of rotatable bonds is 0. The Bertz CT molecular complexity index is 396. The van der Waals surface area contributed by atoms with Crippen molar-refractivity contribution in [2.45, 2.75) is 25.7 Å². The first kappa shape index (κ1) is 9.06. The molecule has 0 aliphatic heterocycles. The number of ketones is 1. The Morgan fingerprint density at radius 1 is 1.29 bits per heavy atom. The number of carbonyl (C=O) groups excluding carboxylic acids is 1. The predicted octanol–water partition coefficient (Wildman–Crippen LogP) is 2.18. The molecule has 3 heteroatoms. The Kier molecular flexibility index (Phi) is 1.95. The number of benzene rings is 1. The zero-order valence-electron chi connectivity index (χ0n) is 7.95. The molecule has 0 bridgehead atoms. The van der Waals surface area contributed by atoms with Gasteiger partial charge < -0.3 is 10.2 Å². The van der Waals surface area contributed by atoms with Gasteiger partial charge in [0.1, 0.15) is 11.5 Å². The Hall–Kier alpha value is -1.51. The quantitative estimate of drug-likeness (QED) is 0.619. The predicted molar refractivity (Wildman–Crippen MR) is 51.8 cm³/mol. The van der Waals surface area contributed by atoms with Crippen LogP contribution < -0.4 is 0 Å². The summed E-state index contributed by atoms with van der Waals surface area (Å²) in [6.45, 7) is 1.95. The summed E-state index contributed by atoms with van der Waals surface area (Å²) in [5, 5.41) is 19.1. The van der Waals surface area contributed by atoms with Crippen LogP contribution in [0.25, 0.3) is 0 Å². The highest BCUT2D eigenvalue weighted by atomic mass is 16.3. The maximum atomic E-state index is 11.5. The van der Waals surface area contributed by atoms with Gasteiger partial charge in [-0.15, -0.1) is 0 Å². The van der Waals surface area contributed by atoms with Crippen LogP contribution in [0.15, 0.2) is 12.1 Å². The number of hydrogen-bond donors (Lipinski definition) is 2. The fourth-order valence-electron chi connectivity index (χ4n) is 2.01. The van der Waals surface area contributed by atoms with Crippen LogP contribution in [-0.4, -0.2) is 16.0 Å². The van der Waals surface area contributed by atoms with Gasteiger partial charge in [0.15, 0.2) is 5.78 Å². The molecule has 14 heavy (non-hydrogen) atoms. The van der Waals surface area contributed by atoms with Gasteiger partial charge in [0, 0.05) is 12.0 Å². The van der Waals surface area contributed by atoms with Crippen LogP contribution in [0.5, 0.6) is 11.5 Å². The number of phenols is 2. The van der Waals surface area contributed by atoms with Crippen molar-refractivity contribution < 1.29 is 15.0 Å². The number of Topliss-reactive ketones (excluding diaryl/α,β-unsaturated/α-hetero) is 1. The van der Waals surface area contributed by atoms with Crippen LogP contribution in [0, 0.1) is 0 Å². The van der Waals surface area contributed by atoms with Crippen molar-refractivity contribution in [3.63, 3.8) is 0 Å². The Morgan fingerprint density at radius 2 is 1.93 bits per heavy atom. The normalized spacial score (nSPS) is 20.6. The molecule has 1 aromatic rings. The molecule has 2 rings (SSSR count). The van der Waals surface area contributed by atoms with Crippen LogP contribution >= 0.6 is 0 Å². The molecule has 0 saturated heterocycles. The van der Waals surface area contributed by atoms with E-state index in [-0.39, 0.29) is 23.2 Å².